The number of carbonyl (C=O) groups is 1. The predicted octanol–water partition coefficient (Wildman–Crippen LogP) is 2.62. The molecule has 0 unspecified atom stereocenters. The van der Waals surface area contributed by atoms with Gasteiger partial charge in [0.2, 0.25) is 0 Å². The van der Waals surface area contributed by atoms with Crippen molar-refractivity contribution in [1.29, 1.82) is 0 Å². The van der Waals surface area contributed by atoms with Crippen LogP contribution in [0.25, 0.3) is 5.69 Å². The van der Waals surface area contributed by atoms with Gasteiger partial charge in [-0.15, -0.1) is 5.10 Å². The van der Waals surface area contributed by atoms with E-state index < -0.39 is 0 Å². The van der Waals surface area contributed by atoms with Crippen molar-refractivity contribution in [2.75, 3.05) is 26.2 Å². The van der Waals surface area contributed by atoms with Crippen molar-refractivity contribution in [3.05, 3.63) is 58.1 Å². The number of carbonyl (C=O) groups excluding carboxylic acids is 1. The van der Waals surface area contributed by atoms with Crippen molar-refractivity contribution in [3.8, 4) is 5.69 Å². The topological polar surface area (TPSA) is 72.1 Å². The third kappa shape index (κ3) is 4.11. The maximum Gasteiger partial charge on any atom is 0.276 e. The molecule has 3 heterocycles. The van der Waals surface area contributed by atoms with Crippen molar-refractivity contribution >= 4 is 17.5 Å². The van der Waals surface area contributed by atoms with E-state index in [1.165, 1.54) is 4.80 Å². The number of nitrogens with zero attached hydrogens (tertiary/aromatic N) is 7. The second-order valence-corrected chi connectivity index (χ2v) is 8.02. The van der Waals surface area contributed by atoms with E-state index in [1.54, 1.807) is 4.68 Å². The standard InChI is InChI=1S/C21H26ClN7O/c1-15-18(20(22)26(3)23-15)14-27-10-7-11-28(13-12-27)21(30)19-16(2)24-29(25-19)17-8-5-4-6-9-17/h4-6,8-9H,7,10-14H2,1-3H3. The Balaban J connectivity index is 1.44. The van der Waals surface area contributed by atoms with E-state index >= 15 is 0 Å². The molecule has 1 aliphatic rings. The Morgan fingerprint density at radius 2 is 1.77 bits per heavy atom. The average Bonchev–Trinajstić information content (AvgIpc) is 3.12. The number of rotatable bonds is 4. The molecule has 1 fully saturated rings. The number of aryl methyl sites for hydroxylation is 3. The summed E-state index contributed by atoms with van der Waals surface area (Å²) in [5, 5.41) is 14.0. The summed E-state index contributed by atoms with van der Waals surface area (Å²) in [6.45, 7) is 7.58. The summed E-state index contributed by atoms with van der Waals surface area (Å²) in [6, 6.07) is 9.63. The first-order chi connectivity index (χ1) is 14.4. The Hall–Kier alpha value is -2.71. The zero-order chi connectivity index (χ0) is 21.3. The van der Waals surface area contributed by atoms with Crippen molar-refractivity contribution in [2.24, 2.45) is 7.05 Å². The van der Waals surface area contributed by atoms with Crippen LogP contribution in [0.1, 0.15) is 33.9 Å². The molecule has 0 spiro atoms. The van der Waals surface area contributed by atoms with Crippen LogP contribution in [-0.2, 0) is 13.6 Å². The van der Waals surface area contributed by atoms with Crippen LogP contribution in [0.4, 0.5) is 0 Å². The lowest BCUT2D eigenvalue weighted by Gasteiger charge is -2.21. The summed E-state index contributed by atoms with van der Waals surface area (Å²) >= 11 is 6.40. The van der Waals surface area contributed by atoms with Gasteiger partial charge in [-0.3, -0.25) is 14.4 Å². The smallest absolute Gasteiger partial charge is 0.276 e. The molecular weight excluding hydrogens is 402 g/mol. The molecule has 30 heavy (non-hydrogen) atoms. The Labute approximate surface area is 181 Å². The Morgan fingerprint density at radius 3 is 2.47 bits per heavy atom. The summed E-state index contributed by atoms with van der Waals surface area (Å²) in [5.74, 6) is -0.0629. The van der Waals surface area contributed by atoms with E-state index in [1.807, 2.05) is 56.1 Å². The highest BCUT2D eigenvalue weighted by Crippen LogP contribution is 2.21. The van der Waals surface area contributed by atoms with Crippen LogP contribution in [0.3, 0.4) is 0 Å². The number of para-hydroxylation sites is 1. The van der Waals surface area contributed by atoms with Crippen LogP contribution in [0.5, 0.6) is 0 Å². The second-order valence-electron chi connectivity index (χ2n) is 7.66. The maximum absolute atomic E-state index is 13.2. The number of benzene rings is 1. The van der Waals surface area contributed by atoms with Gasteiger partial charge in [0.25, 0.3) is 5.91 Å². The minimum atomic E-state index is -0.0629. The molecule has 0 bridgehead atoms. The van der Waals surface area contributed by atoms with E-state index in [-0.39, 0.29) is 5.91 Å². The van der Waals surface area contributed by atoms with E-state index in [2.05, 4.69) is 20.2 Å². The number of aromatic nitrogens is 5. The van der Waals surface area contributed by atoms with Gasteiger partial charge < -0.3 is 4.90 Å². The number of halogens is 1. The van der Waals surface area contributed by atoms with Crippen molar-refractivity contribution < 1.29 is 4.79 Å². The summed E-state index contributed by atoms with van der Waals surface area (Å²) < 4.78 is 1.71. The van der Waals surface area contributed by atoms with Gasteiger partial charge in [0, 0.05) is 45.3 Å². The molecule has 9 heteroatoms. The van der Waals surface area contributed by atoms with E-state index in [9.17, 15) is 4.79 Å². The van der Waals surface area contributed by atoms with Crippen LogP contribution in [0.2, 0.25) is 5.15 Å². The van der Waals surface area contributed by atoms with E-state index in [0.717, 1.165) is 43.0 Å². The molecule has 1 amide bonds. The van der Waals surface area contributed by atoms with Crippen LogP contribution in [0, 0.1) is 13.8 Å². The van der Waals surface area contributed by atoms with Crippen LogP contribution in [-0.4, -0.2) is 66.7 Å². The van der Waals surface area contributed by atoms with Gasteiger partial charge in [-0.05, 0) is 32.4 Å². The zero-order valence-corrected chi connectivity index (χ0v) is 18.3. The summed E-state index contributed by atoms with van der Waals surface area (Å²) in [4.78, 5) is 18.9. The van der Waals surface area contributed by atoms with Gasteiger partial charge in [0.15, 0.2) is 5.69 Å². The minimum absolute atomic E-state index is 0.0629. The molecule has 0 radical (unpaired) electrons. The highest BCUT2D eigenvalue weighted by Gasteiger charge is 2.25. The molecule has 1 saturated heterocycles. The maximum atomic E-state index is 13.2. The lowest BCUT2D eigenvalue weighted by atomic mass is 10.2. The summed E-state index contributed by atoms with van der Waals surface area (Å²) in [5.41, 5.74) is 3.90. The SMILES string of the molecule is Cc1nn(-c2ccccc2)nc1C(=O)N1CCCN(Cc2c(C)nn(C)c2Cl)CC1. The Bertz CT molecular complexity index is 1040. The first-order valence-electron chi connectivity index (χ1n) is 10.1. The van der Waals surface area contributed by atoms with Crippen LogP contribution in [0.15, 0.2) is 30.3 Å². The lowest BCUT2D eigenvalue weighted by Crippen LogP contribution is -2.35. The van der Waals surface area contributed by atoms with Gasteiger partial charge >= 0.3 is 0 Å². The van der Waals surface area contributed by atoms with E-state index in [0.29, 0.717) is 29.6 Å². The predicted molar refractivity (Wildman–Crippen MR) is 115 cm³/mol. The van der Waals surface area contributed by atoms with Gasteiger partial charge in [0.1, 0.15) is 5.15 Å². The zero-order valence-electron chi connectivity index (χ0n) is 17.5. The van der Waals surface area contributed by atoms with Crippen LogP contribution >= 0.6 is 11.6 Å². The molecule has 3 aromatic rings. The summed E-state index contributed by atoms with van der Waals surface area (Å²) in [6.07, 6.45) is 0.897. The molecular formula is C21H26ClN7O. The first kappa shape index (κ1) is 20.6. The monoisotopic (exact) mass is 427 g/mol. The third-order valence-corrected chi connectivity index (χ3v) is 5.97. The molecule has 0 saturated carbocycles. The highest BCUT2D eigenvalue weighted by molar-refractivity contribution is 6.30. The first-order valence-corrected chi connectivity index (χ1v) is 10.5. The molecule has 0 aliphatic carbocycles. The Kier molecular flexibility index (Phi) is 5.87. The lowest BCUT2D eigenvalue weighted by molar-refractivity contribution is 0.0754. The minimum Gasteiger partial charge on any atom is -0.336 e. The van der Waals surface area contributed by atoms with Gasteiger partial charge in [0.05, 0.1) is 17.1 Å². The van der Waals surface area contributed by atoms with Gasteiger partial charge in [-0.1, -0.05) is 29.8 Å². The molecule has 0 N–H and O–H groups in total. The largest absolute Gasteiger partial charge is 0.336 e. The average molecular weight is 428 g/mol. The molecule has 1 aromatic carbocycles. The molecule has 0 atom stereocenters. The fourth-order valence-electron chi connectivity index (χ4n) is 3.81. The normalized spacial score (nSPS) is 15.4. The van der Waals surface area contributed by atoms with Gasteiger partial charge in [-0.2, -0.15) is 15.0 Å². The molecule has 158 valence electrons. The number of hydrogen-bond acceptors (Lipinski definition) is 5. The van der Waals surface area contributed by atoms with Crippen molar-refractivity contribution in [1.82, 2.24) is 34.6 Å². The quantitative estimate of drug-likeness (QED) is 0.640. The fourth-order valence-corrected chi connectivity index (χ4v) is 4.05. The summed E-state index contributed by atoms with van der Waals surface area (Å²) in [7, 11) is 1.85. The van der Waals surface area contributed by atoms with Crippen molar-refractivity contribution in [2.45, 2.75) is 26.8 Å². The molecule has 8 nitrogen and oxygen atoms in total. The van der Waals surface area contributed by atoms with Crippen LogP contribution < -0.4 is 0 Å². The highest BCUT2D eigenvalue weighted by atomic mass is 35.5. The number of amides is 1. The fraction of sp³-hybridized carbons (Fsp3) is 0.429. The van der Waals surface area contributed by atoms with E-state index in [4.69, 9.17) is 11.6 Å². The molecule has 2 aromatic heterocycles. The number of hydrogen-bond donors (Lipinski definition) is 0. The second kappa shape index (κ2) is 8.57. The molecule has 1 aliphatic heterocycles. The van der Waals surface area contributed by atoms with Gasteiger partial charge in [-0.25, -0.2) is 0 Å². The third-order valence-electron chi connectivity index (χ3n) is 5.50. The van der Waals surface area contributed by atoms with Crippen molar-refractivity contribution in [3.63, 3.8) is 0 Å². The Morgan fingerprint density at radius 1 is 1.00 bits per heavy atom. The molecule has 4 rings (SSSR count).